The van der Waals surface area contributed by atoms with Crippen molar-refractivity contribution >= 4 is 11.8 Å². The molecule has 0 radical (unpaired) electrons. The quantitative estimate of drug-likeness (QED) is 0.373. The summed E-state index contributed by atoms with van der Waals surface area (Å²) in [6, 6.07) is 0. The number of hydrogen-bond donors (Lipinski definition) is 0. The fraction of sp³-hybridized carbons (Fsp3) is 0.778. The van der Waals surface area contributed by atoms with Gasteiger partial charge < -0.3 is 4.74 Å². The molecular formula is C9H15NO5. The van der Waals surface area contributed by atoms with E-state index in [2.05, 4.69) is 0 Å². The van der Waals surface area contributed by atoms with E-state index < -0.39 is 23.4 Å². The zero-order chi connectivity index (χ0) is 12.0. The van der Waals surface area contributed by atoms with E-state index in [0.717, 1.165) is 0 Å². The van der Waals surface area contributed by atoms with Crippen LogP contribution in [0.2, 0.25) is 0 Å². The van der Waals surface area contributed by atoms with Crippen molar-refractivity contribution in [2.45, 2.75) is 33.3 Å². The van der Waals surface area contributed by atoms with Crippen LogP contribution in [0, 0.1) is 16.0 Å². The molecule has 0 rings (SSSR count). The molecule has 86 valence electrons. The first-order chi connectivity index (χ1) is 6.82. The van der Waals surface area contributed by atoms with Crippen LogP contribution in [0.5, 0.6) is 0 Å². The Labute approximate surface area is 87.7 Å². The highest BCUT2D eigenvalue weighted by Crippen LogP contribution is 2.08. The van der Waals surface area contributed by atoms with Crippen LogP contribution in [0.3, 0.4) is 0 Å². The van der Waals surface area contributed by atoms with Crippen LogP contribution in [-0.2, 0) is 14.3 Å². The van der Waals surface area contributed by atoms with Crippen molar-refractivity contribution in [2.75, 3.05) is 6.54 Å². The number of rotatable bonds is 6. The highest BCUT2D eigenvalue weighted by Gasteiger charge is 2.27. The molecule has 1 atom stereocenters. The molecule has 0 unspecified atom stereocenters. The van der Waals surface area contributed by atoms with E-state index >= 15 is 0 Å². The summed E-state index contributed by atoms with van der Waals surface area (Å²) in [6.07, 6.45) is -0.481. The first-order valence-electron chi connectivity index (χ1n) is 4.64. The van der Waals surface area contributed by atoms with E-state index in [1.807, 2.05) is 0 Å². The average molecular weight is 217 g/mol. The van der Waals surface area contributed by atoms with Gasteiger partial charge in [-0.1, -0.05) is 0 Å². The first kappa shape index (κ1) is 13.5. The standard InChI is InChI=1S/C9H15NO5/c1-6(2)15-9(12)8(4-7(3)11)5-10(13)14/h6,8H,4-5H2,1-3H3/t8-/m1/s1. The molecule has 0 aliphatic rings. The third kappa shape index (κ3) is 6.59. The second-order valence-electron chi connectivity index (χ2n) is 3.60. The van der Waals surface area contributed by atoms with Crippen LogP contribution in [0.1, 0.15) is 27.2 Å². The summed E-state index contributed by atoms with van der Waals surface area (Å²) in [7, 11) is 0. The van der Waals surface area contributed by atoms with Gasteiger partial charge in [0.25, 0.3) is 0 Å². The number of ketones is 1. The van der Waals surface area contributed by atoms with Crippen molar-refractivity contribution in [2.24, 2.45) is 5.92 Å². The van der Waals surface area contributed by atoms with Crippen molar-refractivity contribution in [3.8, 4) is 0 Å². The molecule has 0 bridgehead atoms. The van der Waals surface area contributed by atoms with Gasteiger partial charge in [0.05, 0.1) is 6.10 Å². The summed E-state index contributed by atoms with van der Waals surface area (Å²) in [5.41, 5.74) is 0. The monoisotopic (exact) mass is 217 g/mol. The molecule has 0 aliphatic heterocycles. The number of nitrogens with zero attached hydrogens (tertiary/aromatic N) is 1. The maximum absolute atomic E-state index is 11.3. The number of ether oxygens (including phenoxy) is 1. The summed E-state index contributed by atoms with van der Waals surface area (Å²) in [5.74, 6) is -1.92. The molecule has 0 saturated heterocycles. The Morgan fingerprint density at radius 3 is 2.27 bits per heavy atom. The second kappa shape index (κ2) is 6.10. The molecule has 6 nitrogen and oxygen atoms in total. The van der Waals surface area contributed by atoms with Gasteiger partial charge >= 0.3 is 5.97 Å². The zero-order valence-electron chi connectivity index (χ0n) is 9.06. The largest absolute Gasteiger partial charge is 0.463 e. The Balaban J connectivity index is 4.40. The third-order valence-electron chi connectivity index (χ3n) is 1.59. The lowest BCUT2D eigenvalue weighted by Gasteiger charge is -2.13. The van der Waals surface area contributed by atoms with Gasteiger partial charge in [0, 0.05) is 11.3 Å². The molecule has 15 heavy (non-hydrogen) atoms. The molecule has 0 spiro atoms. The molecule has 0 saturated carbocycles. The molecule has 0 aromatic rings. The van der Waals surface area contributed by atoms with Crippen molar-refractivity contribution in [3.63, 3.8) is 0 Å². The SMILES string of the molecule is CC(=O)C[C@H](C[N+](=O)[O-])C(=O)OC(C)C. The molecular weight excluding hydrogens is 202 g/mol. The molecule has 6 heteroatoms. The first-order valence-corrected chi connectivity index (χ1v) is 4.64. The summed E-state index contributed by atoms with van der Waals surface area (Å²) < 4.78 is 4.82. The molecule has 0 N–H and O–H groups in total. The lowest BCUT2D eigenvalue weighted by Crippen LogP contribution is -2.28. The summed E-state index contributed by atoms with van der Waals surface area (Å²) in [5, 5.41) is 10.3. The Kier molecular flexibility index (Phi) is 5.51. The van der Waals surface area contributed by atoms with E-state index in [0.29, 0.717) is 0 Å². The molecule has 0 fully saturated rings. The number of nitro groups is 1. The van der Waals surface area contributed by atoms with Gasteiger partial charge in [0.1, 0.15) is 11.7 Å². The van der Waals surface area contributed by atoms with Gasteiger partial charge in [0.2, 0.25) is 6.54 Å². The zero-order valence-corrected chi connectivity index (χ0v) is 9.06. The average Bonchev–Trinajstić information content (AvgIpc) is 1.99. The number of esters is 1. The molecule has 0 amide bonds. The normalized spacial score (nSPS) is 12.3. The number of carbonyl (C=O) groups is 2. The highest BCUT2D eigenvalue weighted by molar-refractivity contribution is 5.82. The van der Waals surface area contributed by atoms with E-state index in [4.69, 9.17) is 4.74 Å². The minimum atomic E-state index is -0.972. The Morgan fingerprint density at radius 1 is 1.40 bits per heavy atom. The third-order valence-corrected chi connectivity index (χ3v) is 1.59. The Bertz CT molecular complexity index is 245. The smallest absolute Gasteiger partial charge is 0.316 e. The van der Waals surface area contributed by atoms with Crippen LogP contribution in [-0.4, -0.2) is 29.3 Å². The van der Waals surface area contributed by atoms with Crippen LogP contribution in [0.15, 0.2) is 0 Å². The maximum Gasteiger partial charge on any atom is 0.316 e. The summed E-state index contributed by atoms with van der Waals surface area (Å²) in [6.45, 7) is 4.02. The predicted octanol–water partition coefficient (Wildman–Crippen LogP) is 0.810. The minimum Gasteiger partial charge on any atom is -0.463 e. The Hall–Kier alpha value is -1.46. The number of Topliss-reactive ketones (excluding diaryl/α,β-unsaturated/α-hetero) is 1. The molecule has 0 aromatic carbocycles. The minimum absolute atomic E-state index is 0.146. The van der Waals surface area contributed by atoms with E-state index in [1.165, 1.54) is 6.92 Å². The summed E-state index contributed by atoms with van der Waals surface area (Å²) in [4.78, 5) is 31.8. The molecule has 0 aromatic heterocycles. The lowest BCUT2D eigenvalue weighted by molar-refractivity contribution is -0.486. The highest BCUT2D eigenvalue weighted by atomic mass is 16.6. The van der Waals surface area contributed by atoms with Crippen LogP contribution in [0.25, 0.3) is 0 Å². The van der Waals surface area contributed by atoms with E-state index in [-0.39, 0.29) is 18.3 Å². The maximum atomic E-state index is 11.3. The van der Waals surface area contributed by atoms with Crippen molar-refractivity contribution in [1.82, 2.24) is 0 Å². The number of carbonyl (C=O) groups excluding carboxylic acids is 2. The topological polar surface area (TPSA) is 86.5 Å². The van der Waals surface area contributed by atoms with Crippen molar-refractivity contribution < 1.29 is 19.2 Å². The van der Waals surface area contributed by atoms with Crippen LogP contribution >= 0.6 is 0 Å². The van der Waals surface area contributed by atoms with Crippen LogP contribution < -0.4 is 0 Å². The molecule has 0 aliphatic carbocycles. The lowest BCUT2D eigenvalue weighted by atomic mass is 10.0. The fourth-order valence-corrected chi connectivity index (χ4v) is 1.08. The van der Waals surface area contributed by atoms with Gasteiger partial charge in [0.15, 0.2) is 0 Å². The molecule has 0 heterocycles. The van der Waals surface area contributed by atoms with Crippen molar-refractivity contribution in [1.29, 1.82) is 0 Å². The van der Waals surface area contributed by atoms with Gasteiger partial charge in [-0.05, 0) is 20.8 Å². The fourth-order valence-electron chi connectivity index (χ4n) is 1.08. The van der Waals surface area contributed by atoms with Gasteiger partial charge in [-0.15, -0.1) is 0 Å². The second-order valence-corrected chi connectivity index (χ2v) is 3.60. The van der Waals surface area contributed by atoms with E-state index in [9.17, 15) is 19.7 Å². The van der Waals surface area contributed by atoms with Crippen LogP contribution in [0.4, 0.5) is 0 Å². The predicted molar refractivity (Wildman–Crippen MR) is 51.9 cm³/mol. The van der Waals surface area contributed by atoms with Gasteiger partial charge in [-0.25, -0.2) is 0 Å². The van der Waals surface area contributed by atoms with Crippen molar-refractivity contribution in [3.05, 3.63) is 10.1 Å². The van der Waals surface area contributed by atoms with Gasteiger partial charge in [-0.2, -0.15) is 0 Å². The van der Waals surface area contributed by atoms with E-state index in [1.54, 1.807) is 13.8 Å². The Morgan fingerprint density at radius 2 is 1.93 bits per heavy atom. The van der Waals surface area contributed by atoms with Gasteiger partial charge in [-0.3, -0.25) is 19.7 Å². The number of hydrogen-bond acceptors (Lipinski definition) is 5. The summed E-state index contributed by atoms with van der Waals surface area (Å²) >= 11 is 0.